The fraction of sp³-hybridized carbons (Fsp3) is 0.938. The monoisotopic (exact) mass is 283 g/mol. The third-order valence-electron chi connectivity index (χ3n) is 4.76. The highest BCUT2D eigenvalue weighted by molar-refractivity contribution is 5.79. The van der Waals surface area contributed by atoms with Crippen LogP contribution in [-0.4, -0.2) is 35.9 Å². The molecule has 0 aromatic rings. The van der Waals surface area contributed by atoms with Gasteiger partial charge in [-0.25, -0.2) is 0 Å². The van der Waals surface area contributed by atoms with Gasteiger partial charge in [0.2, 0.25) is 0 Å². The molecule has 0 aromatic carbocycles. The lowest BCUT2D eigenvalue weighted by Gasteiger charge is -2.39. The lowest BCUT2D eigenvalue weighted by atomic mass is 9.73. The summed E-state index contributed by atoms with van der Waals surface area (Å²) in [4.78, 5) is 11.8. The first kappa shape index (κ1) is 15.8. The molecule has 1 aliphatic heterocycles. The number of nitrogens with one attached hydrogen (secondary N) is 1. The molecular weight excluding hydrogens is 254 g/mol. The van der Waals surface area contributed by atoms with E-state index < -0.39 is 11.5 Å². The zero-order valence-corrected chi connectivity index (χ0v) is 12.9. The summed E-state index contributed by atoms with van der Waals surface area (Å²) in [5.41, 5.74) is -0.718. The molecule has 0 spiro atoms. The quantitative estimate of drug-likeness (QED) is 0.787. The highest BCUT2D eigenvalue weighted by atomic mass is 16.5. The topological polar surface area (TPSA) is 58.6 Å². The van der Waals surface area contributed by atoms with Crippen molar-refractivity contribution in [3.8, 4) is 0 Å². The number of ether oxygens (including phenoxy) is 1. The van der Waals surface area contributed by atoms with Crippen LogP contribution in [0.2, 0.25) is 0 Å². The van der Waals surface area contributed by atoms with Crippen LogP contribution in [-0.2, 0) is 9.53 Å². The Kier molecular flexibility index (Phi) is 5.44. The molecule has 116 valence electrons. The molecule has 3 atom stereocenters. The van der Waals surface area contributed by atoms with Crippen molar-refractivity contribution < 1.29 is 14.6 Å². The van der Waals surface area contributed by atoms with E-state index >= 15 is 0 Å². The predicted molar refractivity (Wildman–Crippen MR) is 78.8 cm³/mol. The van der Waals surface area contributed by atoms with E-state index in [1.807, 2.05) is 0 Å². The largest absolute Gasteiger partial charge is 0.480 e. The molecule has 20 heavy (non-hydrogen) atoms. The summed E-state index contributed by atoms with van der Waals surface area (Å²) in [5, 5.41) is 13.1. The molecule has 0 radical (unpaired) electrons. The summed E-state index contributed by atoms with van der Waals surface area (Å²) in [6.07, 6.45) is 7.21. The second-order valence-corrected chi connectivity index (χ2v) is 7.00. The molecule has 2 fully saturated rings. The van der Waals surface area contributed by atoms with Gasteiger partial charge in [-0.05, 0) is 43.9 Å². The Morgan fingerprint density at radius 1 is 1.40 bits per heavy atom. The van der Waals surface area contributed by atoms with Gasteiger partial charge in [-0.1, -0.05) is 26.7 Å². The Bertz CT molecular complexity index is 326. The number of carboxylic acid groups (broad SMARTS) is 1. The first-order valence-electron chi connectivity index (χ1n) is 8.12. The van der Waals surface area contributed by atoms with Gasteiger partial charge in [0, 0.05) is 13.2 Å². The van der Waals surface area contributed by atoms with Crippen molar-refractivity contribution >= 4 is 5.97 Å². The smallest absolute Gasteiger partial charge is 0.323 e. The summed E-state index contributed by atoms with van der Waals surface area (Å²) in [6.45, 7) is 5.94. The lowest BCUT2D eigenvalue weighted by Crippen LogP contribution is -2.56. The van der Waals surface area contributed by atoms with E-state index in [-0.39, 0.29) is 6.10 Å². The molecule has 4 nitrogen and oxygen atoms in total. The van der Waals surface area contributed by atoms with Crippen LogP contribution in [0.15, 0.2) is 0 Å². The number of hydrogen-bond donors (Lipinski definition) is 2. The van der Waals surface area contributed by atoms with E-state index in [0.717, 1.165) is 45.1 Å². The SMILES string of the molecule is CC(C)CC1CCCC(NCC2CCCO2)(C(=O)O)C1. The zero-order chi connectivity index (χ0) is 14.6. The van der Waals surface area contributed by atoms with Crippen LogP contribution < -0.4 is 5.32 Å². The minimum atomic E-state index is -0.718. The second-order valence-electron chi connectivity index (χ2n) is 7.00. The minimum absolute atomic E-state index is 0.205. The molecule has 2 N–H and O–H groups in total. The van der Waals surface area contributed by atoms with E-state index in [9.17, 15) is 9.90 Å². The van der Waals surface area contributed by atoms with Crippen LogP contribution in [0.25, 0.3) is 0 Å². The van der Waals surface area contributed by atoms with Crippen molar-refractivity contribution in [1.82, 2.24) is 5.32 Å². The highest BCUT2D eigenvalue weighted by Gasteiger charge is 2.43. The number of carboxylic acids is 1. The summed E-state index contributed by atoms with van der Waals surface area (Å²) in [6, 6.07) is 0. The second kappa shape index (κ2) is 6.90. The Balaban J connectivity index is 1.94. The average molecular weight is 283 g/mol. The van der Waals surface area contributed by atoms with Crippen molar-refractivity contribution in [3.63, 3.8) is 0 Å². The van der Waals surface area contributed by atoms with Crippen LogP contribution in [0.3, 0.4) is 0 Å². The van der Waals surface area contributed by atoms with Crippen LogP contribution in [0.5, 0.6) is 0 Å². The first-order chi connectivity index (χ1) is 9.52. The number of hydrogen-bond acceptors (Lipinski definition) is 3. The van der Waals surface area contributed by atoms with Gasteiger partial charge < -0.3 is 9.84 Å². The maximum Gasteiger partial charge on any atom is 0.323 e. The molecule has 2 aliphatic rings. The van der Waals surface area contributed by atoms with Crippen LogP contribution in [0.1, 0.15) is 58.8 Å². The van der Waals surface area contributed by atoms with Gasteiger partial charge in [0.25, 0.3) is 0 Å². The third-order valence-corrected chi connectivity index (χ3v) is 4.76. The summed E-state index contributed by atoms with van der Waals surface area (Å²) in [7, 11) is 0. The maximum absolute atomic E-state index is 11.8. The summed E-state index contributed by atoms with van der Waals surface area (Å²) >= 11 is 0. The lowest BCUT2D eigenvalue weighted by molar-refractivity contribution is -0.147. The van der Waals surface area contributed by atoms with Gasteiger partial charge in [0.05, 0.1) is 6.10 Å². The number of aliphatic carboxylic acids is 1. The standard InChI is InChI=1S/C16H29NO3/c1-12(2)9-13-5-3-7-16(10-13,15(18)19)17-11-14-6-4-8-20-14/h12-14,17H,3-11H2,1-2H3,(H,18,19). The van der Waals surface area contributed by atoms with Gasteiger partial charge >= 0.3 is 5.97 Å². The number of carbonyl (C=O) groups is 1. The molecule has 1 aliphatic carbocycles. The predicted octanol–water partition coefficient (Wildman–Crippen LogP) is 2.81. The van der Waals surface area contributed by atoms with Gasteiger partial charge in [-0.2, -0.15) is 0 Å². The molecule has 0 aromatic heterocycles. The molecule has 3 unspecified atom stereocenters. The van der Waals surface area contributed by atoms with E-state index in [0.29, 0.717) is 18.4 Å². The average Bonchev–Trinajstić information content (AvgIpc) is 2.89. The fourth-order valence-electron chi connectivity index (χ4n) is 3.80. The van der Waals surface area contributed by atoms with Gasteiger partial charge in [0.15, 0.2) is 0 Å². The molecule has 1 saturated carbocycles. The molecule has 1 heterocycles. The molecular formula is C16H29NO3. The van der Waals surface area contributed by atoms with Crippen molar-refractivity contribution in [1.29, 1.82) is 0 Å². The third kappa shape index (κ3) is 3.95. The van der Waals surface area contributed by atoms with Gasteiger partial charge in [-0.3, -0.25) is 10.1 Å². The van der Waals surface area contributed by atoms with Crippen LogP contribution >= 0.6 is 0 Å². The summed E-state index contributed by atoms with van der Waals surface area (Å²) in [5.74, 6) is 0.503. The molecule has 4 heteroatoms. The van der Waals surface area contributed by atoms with Crippen molar-refractivity contribution in [2.45, 2.75) is 70.4 Å². The molecule has 2 rings (SSSR count). The Labute approximate surface area is 122 Å². The van der Waals surface area contributed by atoms with Crippen molar-refractivity contribution in [2.75, 3.05) is 13.2 Å². The molecule has 1 saturated heterocycles. The van der Waals surface area contributed by atoms with E-state index in [1.165, 1.54) is 6.42 Å². The van der Waals surface area contributed by atoms with Crippen LogP contribution in [0, 0.1) is 11.8 Å². The Morgan fingerprint density at radius 3 is 2.80 bits per heavy atom. The van der Waals surface area contributed by atoms with E-state index in [1.54, 1.807) is 0 Å². The van der Waals surface area contributed by atoms with E-state index in [4.69, 9.17) is 4.74 Å². The first-order valence-corrected chi connectivity index (χ1v) is 8.12. The normalized spacial score (nSPS) is 34.5. The summed E-state index contributed by atoms with van der Waals surface area (Å²) < 4.78 is 5.60. The maximum atomic E-state index is 11.8. The van der Waals surface area contributed by atoms with Crippen LogP contribution in [0.4, 0.5) is 0 Å². The minimum Gasteiger partial charge on any atom is -0.480 e. The van der Waals surface area contributed by atoms with Crippen molar-refractivity contribution in [2.24, 2.45) is 11.8 Å². The van der Waals surface area contributed by atoms with Crippen molar-refractivity contribution in [3.05, 3.63) is 0 Å². The Hall–Kier alpha value is -0.610. The fourth-order valence-corrected chi connectivity index (χ4v) is 3.80. The van der Waals surface area contributed by atoms with Gasteiger partial charge in [0.1, 0.15) is 5.54 Å². The Morgan fingerprint density at radius 2 is 2.20 bits per heavy atom. The molecule has 0 amide bonds. The number of rotatable bonds is 6. The molecule has 0 bridgehead atoms. The highest BCUT2D eigenvalue weighted by Crippen LogP contribution is 2.36. The van der Waals surface area contributed by atoms with Gasteiger partial charge in [-0.15, -0.1) is 0 Å². The zero-order valence-electron chi connectivity index (χ0n) is 12.9. The van der Waals surface area contributed by atoms with E-state index in [2.05, 4.69) is 19.2 Å².